The molecule has 0 amide bonds. The highest BCUT2D eigenvalue weighted by Gasteiger charge is 2.22. The van der Waals surface area contributed by atoms with Crippen molar-refractivity contribution in [2.45, 2.75) is 109 Å². The Labute approximate surface area is 200 Å². The third kappa shape index (κ3) is 11.9. The highest BCUT2D eigenvalue weighted by atomic mass is 35.5. The van der Waals surface area contributed by atoms with Crippen LogP contribution in [0.1, 0.15) is 115 Å². The van der Waals surface area contributed by atoms with Crippen LogP contribution in [0.15, 0.2) is 41.4 Å². The Kier molecular flexibility index (Phi) is 14.1. The molecule has 4 heteroatoms. The number of nitrogens with zero attached hydrogens (tertiary/aromatic N) is 1. The van der Waals surface area contributed by atoms with Gasteiger partial charge in [0, 0.05) is 23.9 Å². The van der Waals surface area contributed by atoms with Gasteiger partial charge in [0.1, 0.15) is 0 Å². The summed E-state index contributed by atoms with van der Waals surface area (Å²) in [6.07, 6.45) is 22.5. The summed E-state index contributed by atoms with van der Waals surface area (Å²) in [5, 5.41) is 0.707. The van der Waals surface area contributed by atoms with Crippen molar-refractivity contribution in [2.24, 2.45) is 4.99 Å². The average molecular weight is 460 g/mol. The minimum absolute atomic E-state index is 0.0754. The summed E-state index contributed by atoms with van der Waals surface area (Å²) in [6, 6.07) is 7.68. The van der Waals surface area contributed by atoms with E-state index >= 15 is 0 Å². The van der Waals surface area contributed by atoms with E-state index in [1.165, 1.54) is 77.0 Å². The lowest BCUT2D eigenvalue weighted by molar-refractivity contribution is -0.135. The van der Waals surface area contributed by atoms with E-state index in [0.717, 1.165) is 18.4 Å². The smallest absolute Gasteiger partial charge is 0.312 e. The van der Waals surface area contributed by atoms with Crippen molar-refractivity contribution in [3.63, 3.8) is 0 Å². The Hall–Kier alpha value is -1.61. The molecule has 0 radical (unpaired) electrons. The Morgan fingerprint density at radius 2 is 1.50 bits per heavy atom. The molecule has 1 heterocycles. The zero-order chi connectivity index (χ0) is 22.9. The van der Waals surface area contributed by atoms with Gasteiger partial charge in [0.05, 0.1) is 6.42 Å². The number of allylic oxidation sites excluding steroid dienone is 2. The molecule has 0 fully saturated rings. The Morgan fingerprint density at radius 1 is 0.906 bits per heavy atom. The number of rotatable bonds is 16. The maximum absolute atomic E-state index is 12.2. The summed E-state index contributed by atoms with van der Waals surface area (Å²) in [5.74, 6) is 0.518. The van der Waals surface area contributed by atoms with Crippen molar-refractivity contribution >= 4 is 23.5 Å². The van der Waals surface area contributed by atoms with Crippen LogP contribution in [0.4, 0.5) is 0 Å². The molecule has 2 rings (SSSR count). The molecule has 3 nitrogen and oxygen atoms in total. The molecule has 1 aliphatic heterocycles. The molecule has 0 N–H and O–H groups in total. The van der Waals surface area contributed by atoms with E-state index in [1.807, 2.05) is 24.3 Å². The topological polar surface area (TPSA) is 38.7 Å². The van der Waals surface area contributed by atoms with E-state index in [1.54, 1.807) is 0 Å². The Morgan fingerprint density at radius 3 is 2.16 bits per heavy atom. The van der Waals surface area contributed by atoms with Gasteiger partial charge in [-0.25, -0.2) is 0 Å². The molecule has 1 aromatic carbocycles. The van der Waals surface area contributed by atoms with Gasteiger partial charge in [-0.1, -0.05) is 94.2 Å². The van der Waals surface area contributed by atoms with Crippen molar-refractivity contribution in [1.82, 2.24) is 0 Å². The fourth-order valence-electron chi connectivity index (χ4n) is 4.12. The average Bonchev–Trinajstić information content (AvgIpc) is 2.98. The number of esters is 1. The summed E-state index contributed by atoms with van der Waals surface area (Å²) < 4.78 is 5.48. The fraction of sp³-hybridized carbons (Fsp3) is 0.643. The second-order valence-corrected chi connectivity index (χ2v) is 9.43. The normalized spacial score (nSPS) is 16.8. The number of carbonyl (C=O) groups is 1. The zero-order valence-electron chi connectivity index (χ0n) is 20.0. The lowest BCUT2D eigenvalue weighted by Crippen LogP contribution is -2.11. The van der Waals surface area contributed by atoms with E-state index in [9.17, 15) is 4.79 Å². The maximum Gasteiger partial charge on any atom is 0.312 e. The molecule has 0 saturated heterocycles. The van der Waals surface area contributed by atoms with Crippen LogP contribution in [0.3, 0.4) is 0 Å². The Balaban J connectivity index is 1.50. The summed E-state index contributed by atoms with van der Waals surface area (Å²) in [6.45, 7) is 2.87. The molecule has 0 aromatic heterocycles. The van der Waals surface area contributed by atoms with Gasteiger partial charge in [-0.3, -0.25) is 9.79 Å². The van der Waals surface area contributed by atoms with Gasteiger partial charge >= 0.3 is 5.97 Å². The zero-order valence-corrected chi connectivity index (χ0v) is 20.8. The minimum atomic E-state index is -0.172. The van der Waals surface area contributed by atoms with Gasteiger partial charge in [0.25, 0.3) is 0 Å². The fourth-order valence-corrected chi connectivity index (χ4v) is 4.24. The lowest BCUT2D eigenvalue weighted by atomic mass is 9.96. The predicted molar refractivity (Wildman–Crippen MR) is 137 cm³/mol. The van der Waals surface area contributed by atoms with Crippen LogP contribution in [-0.2, 0) is 9.53 Å². The molecule has 1 aromatic rings. The molecular weight excluding hydrogens is 418 g/mol. The number of aliphatic imine (C=N–C) groups is 1. The van der Waals surface area contributed by atoms with Crippen molar-refractivity contribution in [2.75, 3.05) is 6.54 Å². The van der Waals surface area contributed by atoms with Crippen molar-refractivity contribution < 1.29 is 9.53 Å². The summed E-state index contributed by atoms with van der Waals surface area (Å²) in [5.41, 5.74) is 1.09. The van der Waals surface area contributed by atoms with Crippen molar-refractivity contribution in [3.8, 4) is 0 Å². The first-order valence-corrected chi connectivity index (χ1v) is 13.2. The molecule has 1 aliphatic rings. The largest absolute Gasteiger partial charge is 0.412 e. The number of benzene rings is 1. The van der Waals surface area contributed by atoms with Crippen molar-refractivity contribution in [1.29, 1.82) is 0 Å². The van der Waals surface area contributed by atoms with Crippen LogP contribution in [0.5, 0.6) is 0 Å². The molecule has 32 heavy (non-hydrogen) atoms. The molecule has 178 valence electrons. The van der Waals surface area contributed by atoms with Gasteiger partial charge in [-0.05, 0) is 49.8 Å². The minimum Gasteiger partial charge on any atom is -0.412 e. The SMILES string of the molecule is CCCCCCCC/C=C/CCCCCCCC1=NCC(c2ccc(Cl)cc2)CC(=O)O1. The van der Waals surface area contributed by atoms with Crippen LogP contribution in [-0.4, -0.2) is 18.4 Å². The molecule has 1 atom stereocenters. The van der Waals surface area contributed by atoms with Gasteiger partial charge in [0.15, 0.2) is 5.90 Å². The van der Waals surface area contributed by atoms with Gasteiger partial charge in [-0.2, -0.15) is 0 Å². The molecule has 0 spiro atoms. The molecule has 0 aliphatic carbocycles. The summed E-state index contributed by atoms with van der Waals surface area (Å²) >= 11 is 5.97. The second kappa shape index (κ2) is 16.9. The van der Waals surface area contributed by atoms with Crippen molar-refractivity contribution in [3.05, 3.63) is 47.0 Å². The van der Waals surface area contributed by atoms with E-state index < -0.39 is 0 Å². The molecule has 1 unspecified atom stereocenters. The quantitative estimate of drug-likeness (QED) is 0.141. The Bertz CT molecular complexity index is 696. The number of cyclic esters (lactones) is 1. The highest BCUT2D eigenvalue weighted by Crippen LogP contribution is 2.25. The van der Waals surface area contributed by atoms with Crippen LogP contribution >= 0.6 is 11.6 Å². The third-order valence-corrected chi connectivity index (χ3v) is 6.38. The van der Waals surface area contributed by atoms with E-state index in [4.69, 9.17) is 16.3 Å². The number of unbranched alkanes of at least 4 members (excludes halogenated alkanes) is 11. The number of hydrogen-bond acceptors (Lipinski definition) is 3. The maximum atomic E-state index is 12.2. The number of carbonyl (C=O) groups excluding carboxylic acids is 1. The van der Waals surface area contributed by atoms with Crippen LogP contribution in [0.2, 0.25) is 5.02 Å². The molecule has 0 bridgehead atoms. The standard InChI is InChI=1S/C28H42ClNO2/c1-2-3-4-5-6-7-8-9-10-11-12-13-14-15-16-17-27-30-23-25(22-28(31)32-27)24-18-20-26(29)21-19-24/h9-10,18-21,25H,2-8,11-17,22-23H2,1H3/b10-9+. The van der Waals surface area contributed by atoms with E-state index in [2.05, 4.69) is 24.1 Å². The summed E-state index contributed by atoms with van der Waals surface area (Å²) in [4.78, 5) is 16.8. The van der Waals surface area contributed by atoms with E-state index in [-0.39, 0.29) is 11.9 Å². The van der Waals surface area contributed by atoms with Crippen LogP contribution in [0.25, 0.3) is 0 Å². The van der Waals surface area contributed by atoms with Gasteiger partial charge < -0.3 is 4.74 Å². The predicted octanol–water partition coefficient (Wildman–Crippen LogP) is 8.81. The second-order valence-electron chi connectivity index (χ2n) is 9.00. The molecular formula is C28H42ClNO2. The van der Waals surface area contributed by atoms with E-state index in [0.29, 0.717) is 23.9 Å². The highest BCUT2D eigenvalue weighted by molar-refractivity contribution is 6.30. The lowest BCUT2D eigenvalue weighted by Gasteiger charge is -2.11. The first-order chi connectivity index (χ1) is 15.7. The number of ether oxygens (including phenoxy) is 1. The van der Waals surface area contributed by atoms with Crippen LogP contribution < -0.4 is 0 Å². The first-order valence-electron chi connectivity index (χ1n) is 12.8. The van der Waals surface area contributed by atoms with Gasteiger partial charge in [-0.15, -0.1) is 0 Å². The number of halogens is 1. The number of hydrogen-bond donors (Lipinski definition) is 0. The third-order valence-electron chi connectivity index (χ3n) is 6.13. The molecule has 0 saturated carbocycles. The summed E-state index contributed by atoms with van der Waals surface area (Å²) in [7, 11) is 0. The van der Waals surface area contributed by atoms with Crippen LogP contribution in [0, 0.1) is 0 Å². The first kappa shape index (κ1) is 26.6. The van der Waals surface area contributed by atoms with Gasteiger partial charge in [0.2, 0.25) is 0 Å². The monoisotopic (exact) mass is 459 g/mol.